The number of hydrogen-bond acceptors (Lipinski definition) is 4. The van der Waals surface area contributed by atoms with Crippen LogP contribution in [0, 0.1) is 17.8 Å². The highest BCUT2D eigenvalue weighted by Crippen LogP contribution is 2.55. The molecule has 0 radical (unpaired) electrons. The molecule has 0 aliphatic carbocycles. The molecule has 2 saturated heterocycles. The van der Waals surface area contributed by atoms with Crippen molar-refractivity contribution in [3.05, 3.63) is 28.8 Å². The lowest BCUT2D eigenvalue weighted by Gasteiger charge is -2.31. The predicted molar refractivity (Wildman–Crippen MR) is 102 cm³/mol. The van der Waals surface area contributed by atoms with E-state index < -0.39 is 17.4 Å². The molecule has 27 heavy (non-hydrogen) atoms. The molecule has 5 atom stereocenters. The summed E-state index contributed by atoms with van der Waals surface area (Å²) < 4.78 is 0. The number of carbonyl (C=O) groups is 3. The third-order valence-electron chi connectivity index (χ3n) is 6.42. The van der Waals surface area contributed by atoms with E-state index in [2.05, 4.69) is 10.6 Å². The molecule has 0 aromatic heterocycles. The molecule has 3 aliphatic rings. The molecule has 0 bridgehead atoms. The summed E-state index contributed by atoms with van der Waals surface area (Å²) in [5.41, 5.74) is -0.0678. The number of carbonyl (C=O) groups excluding carboxylic acids is 3. The molecule has 144 valence electrons. The molecule has 1 aromatic carbocycles. The summed E-state index contributed by atoms with van der Waals surface area (Å²) in [4.78, 5) is 41.2. The Morgan fingerprint density at radius 2 is 1.89 bits per heavy atom. The fourth-order valence-electron chi connectivity index (χ4n) is 4.94. The topological polar surface area (TPSA) is 78.5 Å². The first-order valence-corrected chi connectivity index (χ1v) is 9.88. The van der Waals surface area contributed by atoms with E-state index in [9.17, 15) is 14.4 Å². The summed E-state index contributed by atoms with van der Waals surface area (Å²) in [6.07, 6.45) is 0.679. The number of para-hydroxylation sites is 1. The lowest BCUT2D eigenvalue weighted by molar-refractivity contribution is -0.145. The molecule has 0 saturated carbocycles. The highest BCUT2D eigenvalue weighted by atomic mass is 35.5. The van der Waals surface area contributed by atoms with Crippen molar-refractivity contribution in [2.24, 2.45) is 17.8 Å². The maximum absolute atomic E-state index is 13.4. The number of nitrogens with zero attached hydrogens (tertiary/aromatic N) is 1. The van der Waals surface area contributed by atoms with Crippen molar-refractivity contribution in [1.82, 2.24) is 10.2 Å². The molecule has 3 heterocycles. The Balaban J connectivity index is 1.92. The van der Waals surface area contributed by atoms with Crippen LogP contribution in [0.2, 0.25) is 5.02 Å². The summed E-state index contributed by atoms with van der Waals surface area (Å²) in [5, 5.41) is 6.68. The number of nitrogens with one attached hydrogen (secondary N) is 2. The van der Waals surface area contributed by atoms with E-state index in [4.69, 9.17) is 11.6 Å². The summed E-state index contributed by atoms with van der Waals surface area (Å²) in [7, 11) is 0. The maximum atomic E-state index is 13.4. The quantitative estimate of drug-likeness (QED) is 0.778. The van der Waals surface area contributed by atoms with E-state index in [0.29, 0.717) is 22.7 Å². The van der Waals surface area contributed by atoms with Gasteiger partial charge in [0.15, 0.2) is 0 Å². The molecule has 5 unspecified atom stereocenters. The average Bonchev–Trinajstić information content (AvgIpc) is 3.21. The van der Waals surface area contributed by atoms with Crippen LogP contribution in [0.4, 0.5) is 5.69 Å². The van der Waals surface area contributed by atoms with Crippen LogP contribution in [-0.2, 0) is 19.9 Å². The Morgan fingerprint density at radius 1 is 1.19 bits per heavy atom. The molecule has 1 spiro atoms. The Morgan fingerprint density at radius 3 is 2.52 bits per heavy atom. The second kappa shape index (κ2) is 6.04. The number of halogens is 1. The van der Waals surface area contributed by atoms with Gasteiger partial charge in [-0.05, 0) is 25.3 Å². The van der Waals surface area contributed by atoms with E-state index in [1.54, 1.807) is 12.1 Å². The third-order valence-corrected chi connectivity index (χ3v) is 6.73. The van der Waals surface area contributed by atoms with Crippen molar-refractivity contribution in [3.63, 3.8) is 0 Å². The Bertz CT molecular complexity index is 855. The minimum Gasteiger partial charge on any atom is -0.323 e. The SMILES string of the molecule is CCC(C)N1C(=O)C2C(C(C)C)NC3(C(=O)Nc4c(Cl)cccc43)C2C1=O. The van der Waals surface area contributed by atoms with E-state index in [1.807, 2.05) is 33.8 Å². The van der Waals surface area contributed by atoms with Crippen LogP contribution in [0.25, 0.3) is 0 Å². The molecule has 3 amide bonds. The Hall–Kier alpha value is -1.92. The van der Waals surface area contributed by atoms with Gasteiger partial charge < -0.3 is 5.32 Å². The maximum Gasteiger partial charge on any atom is 0.250 e. The molecule has 3 aliphatic heterocycles. The molecule has 4 rings (SSSR count). The second-order valence-electron chi connectivity index (χ2n) is 8.15. The number of amides is 3. The van der Waals surface area contributed by atoms with Gasteiger partial charge in [-0.2, -0.15) is 0 Å². The van der Waals surface area contributed by atoms with Crippen molar-refractivity contribution >= 4 is 35.0 Å². The lowest BCUT2D eigenvalue weighted by Crippen LogP contribution is -2.54. The van der Waals surface area contributed by atoms with Gasteiger partial charge in [0.05, 0.1) is 22.5 Å². The van der Waals surface area contributed by atoms with Crippen LogP contribution in [0.3, 0.4) is 0 Å². The van der Waals surface area contributed by atoms with Gasteiger partial charge in [-0.25, -0.2) is 0 Å². The van der Waals surface area contributed by atoms with Gasteiger partial charge in [-0.1, -0.05) is 44.5 Å². The van der Waals surface area contributed by atoms with Crippen LogP contribution >= 0.6 is 11.6 Å². The van der Waals surface area contributed by atoms with E-state index in [-0.39, 0.29) is 35.7 Å². The molecule has 2 N–H and O–H groups in total. The van der Waals surface area contributed by atoms with Crippen LogP contribution in [0.1, 0.15) is 39.7 Å². The van der Waals surface area contributed by atoms with Crippen molar-refractivity contribution < 1.29 is 14.4 Å². The fourth-order valence-corrected chi connectivity index (χ4v) is 5.16. The standard InChI is InChI=1S/C20H24ClN3O3/c1-5-10(4)24-17(25)13-14(18(24)26)20(23-15(13)9(2)3)11-7-6-8-12(21)16(11)22-19(20)27/h6-10,13-15,23H,5H2,1-4H3,(H,22,27). The molecule has 7 heteroatoms. The van der Waals surface area contributed by atoms with Gasteiger partial charge in [0.25, 0.3) is 0 Å². The number of fused-ring (bicyclic) bond motifs is 4. The zero-order valence-corrected chi connectivity index (χ0v) is 16.6. The average molecular weight is 390 g/mol. The predicted octanol–water partition coefficient (Wildman–Crippen LogP) is 2.51. The zero-order chi connectivity index (χ0) is 19.7. The first-order valence-electron chi connectivity index (χ1n) is 9.50. The second-order valence-corrected chi connectivity index (χ2v) is 8.55. The fraction of sp³-hybridized carbons (Fsp3) is 0.550. The molecule has 1 aromatic rings. The highest BCUT2D eigenvalue weighted by Gasteiger charge is 2.71. The number of hydrogen-bond donors (Lipinski definition) is 2. The molecular weight excluding hydrogens is 366 g/mol. The van der Waals surface area contributed by atoms with E-state index >= 15 is 0 Å². The van der Waals surface area contributed by atoms with Crippen LogP contribution < -0.4 is 10.6 Å². The molecule has 2 fully saturated rings. The third kappa shape index (κ3) is 2.20. The van der Waals surface area contributed by atoms with Gasteiger partial charge in [0, 0.05) is 17.6 Å². The van der Waals surface area contributed by atoms with Gasteiger partial charge in [0.2, 0.25) is 17.7 Å². The smallest absolute Gasteiger partial charge is 0.250 e. The van der Waals surface area contributed by atoms with Crippen molar-refractivity contribution in [2.45, 2.75) is 51.7 Å². The zero-order valence-electron chi connectivity index (χ0n) is 15.9. The summed E-state index contributed by atoms with van der Waals surface area (Å²) in [6, 6.07) is 4.84. The first kappa shape index (κ1) is 18.4. The molecular formula is C20H24ClN3O3. The Labute approximate surface area is 163 Å². The van der Waals surface area contributed by atoms with Crippen molar-refractivity contribution in [2.75, 3.05) is 5.32 Å². The first-order chi connectivity index (χ1) is 12.8. The van der Waals surface area contributed by atoms with Gasteiger partial charge in [0.1, 0.15) is 5.54 Å². The number of benzene rings is 1. The summed E-state index contributed by atoms with van der Waals surface area (Å²) in [6.45, 7) is 7.83. The van der Waals surface area contributed by atoms with Crippen LogP contribution in [-0.4, -0.2) is 34.7 Å². The van der Waals surface area contributed by atoms with E-state index in [0.717, 1.165) is 0 Å². The van der Waals surface area contributed by atoms with Crippen LogP contribution in [0.5, 0.6) is 0 Å². The number of rotatable bonds is 3. The number of likely N-dealkylation sites (tertiary alicyclic amines) is 1. The van der Waals surface area contributed by atoms with Gasteiger partial charge >= 0.3 is 0 Å². The summed E-state index contributed by atoms with van der Waals surface area (Å²) >= 11 is 6.30. The van der Waals surface area contributed by atoms with E-state index in [1.165, 1.54) is 4.90 Å². The monoisotopic (exact) mass is 389 g/mol. The highest BCUT2D eigenvalue weighted by molar-refractivity contribution is 6.35. The number of anilines is 1. The van der Waals surface area contributed by atoms with Gasteiger partial charge in [-0.3, -0.25) is 24.6 Å². The number of imide groups is 1. The lowest BCUT2D eigenvalue weighted by atomic mass is 9.76. The Kier molecular flexibility index (Phi) is 4.13. The van der Waals surface area contributed by atoms with Crippen molar-refractivity contribution in [1.29, 1.82) is 0 Å². The van der Waals surface area contributed by atoms with Crippen molar-refractivity contribution in [3.8, 4) is 0 Å². The molecule has 6 nitrogen and oxygen atoms in total. The normalized spacial score (nSPS) is 33.0. The summed E-state index contributed by atoms with van der Waals surface area (Å²) in [5.74, 6) is -1.98. The minimum atomic E-state index is -1.26. The largest absolute Gasteiger partial charge is 0.323 e. The van der Waals surface area contributed by atoms with Gasteiger partial charge in [-0.15, -0.1) is 0 Å². The van der Waals surface area contributed by atoms with Crippen LogP contribution in [0.15, 0.2) is 18.2 Å². The minimum absolute atomic E-state index is 0.0848.